The molecule has 1 saturated heterocycles. The molecular weight excluding hydrogens is 276 g/mol. The van der Waals surface area contributed by atoms with Gasteiger partial charge in [0.25, 0.3) is 0 Å². The van der Waals surface area contributed by atoms with Crippen LogP contribution in [0, 0.1) is 0 Å². The lowest BCUT2D eigenvalue weighted by atomic mass is 10.1. The van der Waals surface area contributed by atoms with Gasteiger partial charge in [0.1, 0.15) is 0 Å². The maximum atomic E-state index is 12.1. The number of likely N-dealkylation sites (tertiary alicyclic amines) is 1. The monoisotopic (exact) mass is 302 g/mol. The molecule has 0 radical (unpaired) electrons. The second kappa shape index (κ2) is 6.89. The Labute approximate surface area is 122 Å². The fraction of sp³-hybridized carbons (Fsp3) is 0.929. The predicted molar refractivity (Wildman–Crippen MR) is 78.8 cm³/mol. The molecule has 116 valence electrons. The van der Waals surface area contributed by atoms with E-state index in [9.17, 15) is 13.2 Å². The van der Waals surface area contributed by atoms with Gasteiger partial charge in [-0.2, -0.15) is 0 Å². The molecular formula is C14H26N2O3S. The van der Waals surface area contributed by atoms with Crippen LogP contribution >= 0.6 is 0 Å². The predicted octanol–water partition coefficient (Wildman–Crippen LogP) is 1.64. The van der Waals surface area contributed by atoms with Crippen LogP contribution in [-0.4, -0.2) is 43.6 Å². The Bertz CT molecular complexity index is 428. The third-order valence-electron chi connectivity index (χ3n) is 4.24. The van der Waals surface area contributed by atoms with Crippen molar-refractivity contribution < 1.29 is 13.2 Å². The van der Waals surface area contributed by atoms with Crippen molar-refractivity contribution >= 4 is 15.9 Å². The van der Waals surface area contributed by atoms with Gasteiger partial charge in [0.15, 0.2) is 0 Å². The van der Waals surface area contributed by atoms with Crippen molar-refractivity contribution in [3.63, 3.8) is 0 Å². The van der Waals surface area contributed by atoms with E-state index >= 15 is 0 Å². The van der Waals surface area contributed by atoms with E-state index in [2.05, 4.69) is 4.72 Å². The molecule has 5 nitrogen and oxygen atoms in total. The van der Waals surface area contributed by atoms with Crippen LogP contribution in [0.5, 0.6) is 0 Å². The summed E-state index contributed by atoms with van der Waals surface area (Å²) in [7, 11) is -3.23. The highest BCUT2D eigenvalue weighted by Gasteiger charge is 2.35. The van der Waals surface area contributed by atoms with Gasteiger partial charge in [0.2, 0.25) is 15.9 Å². The van der Waals surface area contributed by atoms with E-state index in [-0.39, 0.29) is 17.7 Å². The van der Waals surface area contributed by atoms with Crippen LogP contribution in [0.4, 0.5) is 0 Å². The molecule has 2 rings (SSSR count). The zero-order valence-corrected chi connectivity index (χ0v) is 13.1. The Morgan fingerprint density at radius 3 is 2.45 bits per heavy atom. The topological polar surface area (TPSA) is 66.5 Å². The normalized spacial score (nSPS) is 25.9. The molecule has 20 heavy (non-hydrogen) atoms. The largest absolute Gasteiger partial charge is 0.338 e. The number of carbonyl (C=O) groups excluding carboxylic acids is 1. The van der Waals surface area contributed by atoms with Crippen molar-refractivity contribution in [2.75, 3.05) is 12.3 Å². The SMILES string of the molecule is CCCS(=O)(=O)N[C@@H]1CC(=O)N(C2CCCCCC2)C1. The number of hydrogen-bond donors (Lipinski definition) is 1. The molecule has 2 fully saturated rings. The Kier molecular flexibility index (Phi) is 5.43. The van der Waals surface area contributed by atoms with E-state index in [1.54, 1.807) is 0 Å². The molecule has 1 atom stereocenters. The van der Waals surface area contributed by atoms with Crippen molar-refractivity contribution in [1.82, 2.24) is 9.62 Å². The smallest absolute Gasteiger partial charge is 0.224 e. The highest BCUT2D eigenvalue weighted by Crippen LogP contribution is 2.26. The lowest BCUT2D eigenvalue weighted by Gasteiger charge is -2.27. The molecule has 1 amide bonds. The van der Waals surface area contributed by atoms with Gasteiger partial charge in [-0.05, 0) is 19.3 Å². The van der Waals surface area contributed by atoms with Crippen LogP contribution in [0.15, 0.2) is 0 Å². The summed E-state index contributed by atoms with van der Waals surface area (Å²) >= 11 is 0. The Balaban J connectivity index is 1.93. The van der Waals surface area contributed by atoms with E-state index in [0.717, 1.165) is 12.8 Å². The molecule has 1 aliphatic heterocycles. The maximum Gasteiger partial charge on any atom is 0.224 e. The van der Waals surface area contributed by atoms with Gasteiger partial charge in [0, 0.05) is 25.0 Å². The fourth-order valence-corrected chi connectivity index (χ4v) is 4.64. The first-order valence-corrected chi connectivity index (χ1v) is 9.46. The van der Waals surface area contributed by atoms with Crippen LogP contribution in [0.3, 0.4) is 0 Å². The highest BCUT2D eigenvalue weighted by atomic mass is 32.2. The van der Waals surface area contributed by atoms with E-state index < -0.39 is 10.0 Å². The Morgan fingerprint density at radius 2 is 1.85 bits per heavy atom. The summed E-state index contributed by atoms with van der Waals surface area (Å²) in [5, 5.41) is 0. The lowest BCUT2D eigenvalue weighted by Crippen LogP contribution is -2.41. The fourth-order valence-electron chi connectivity index (χ4n) is 3.31. The van der Waals surface area contributed by atoms with Crippen molar-refractivity contribution in [2.24, 2.45) is 0 Å². The minimum atomic E-state index is -3.23. The molecule has 0 aromatic heterocycles. The standard InChI is InChI=1S/C14H26N2O3S/c1-2-9-20(18,19)15-12-10-14(17)16(11-12)13-7-5-3-4-6-8-13/h12-13,15H,2-11H2,1H3/t12-/m1/s1. The van der Waals surface area contributed by atoms with Gasteiger partial charge in [-0.1, -0.05) is 32.6 Å². The van der Waals surface area contributed by atoms with E-state index in [0.29, 0.717) is 25.4 Å². The number of amides is 1. The molecule has 2 aliphatic rings. The molecule has 0 aromatic rings. The summed E-state index contributed by atoms with van der Waals surface area (Å²) in [6, 6.07) is 0.0907. The summed E-state index contributed by atoms with van der Waals surface area (Å²) < 4.78 is 26.3. The Hall–Kier alpha value is -0.620. The van der Waals surface area contributed by atoms with Crippen molar-refractivity contribution in [3.8, 4) is 0 Å². The molecule has 0 spiro atoms. The minimum Gasteiger partial charge on any atom is -0.338 e. The zero-order valence-electron chi connectivity index (χ0n) is 12.3. The van der Waals surface area contributed by atoms with Gasteiger partial charge in [-0.3, -0.25) is 4.79 Å². The molecule has 6 heteroatoms. The van der Waals surface area contributed by atoms with Crippen molar-refractivity contribution in [2.45, 2.75) is 70.4 Å². The van der Waals surface area contributed by atoms with Crippen molar-refractivity contribution in [3.05, 3.63) is 0 Å². The highest BCUT2D eigenvalue weighted by molar-refractivity contribution is 7.89. The number of carbonyl (C=O) groups is 1. The van der Waals surface area contributed by atoms with Crippen LogP contribution < -0.4 is 4.72 Å². The molecule has 0 bridgehead atoms. The van der Waals surface area contributed by atoms with Gasteiger partial charge in [-0.15, -0.1) is 0 Å². The van der Waals surface area contributed by atoms with Crippen LogP contribution in [0.1, 0.15) is 58.3 Å². The molecule has 1 heterocycles. The third kappa shape index (κ3) is 4.19. The van der Waals surface area contributed by atoms with E-state index in [1.165, 1.54) is 25.7 Å². The summed E-state index contributed by atoms with van der Waals surface area (Å²) in [5.41, 5.74) is 0. The first-order chi connectivity index (χ1) is 9.52. The lowest BCUT2D eigenvalue weighted by molar-refractivity contribution is -0.129. The average molecular weight is 302 g/mol. The summed E-state index contributed by atoms with van der Waals surface area (Å²) in [6.07, 6.45) is 7.93. The van der Waals surface area contributed by atoms with Crippen LogP contribution in [0.25, 0.3) is 0 Å². The number of nitrogens with zero attached hydrogens (tertiary/aromatic N) is 1. The van der Waals surface area contributed by atoms with Gasteiger partial charge >= 0.3 is 0 Å². The average Bonchev–Trinajstić information content (AvgIpc) is 2.59. The molecule has 1 aliphatic carbocycles. The summed E-state index contributed by atoms with van der Waals surface area (Å²) in [6.45, 7) is 2.39. The third-order valence-corrected chi connectivity index (χ3v) is 5.88. The quantitative estimate of drug-likeness (QED) is 0.785. The van der Waals surface area contributed by atoms with Crippen molar-refractivity contribution in [1.29, 1.82) is 0 Å². The van der Waals surface area contributed by atoms with Gasteiger partial charge in [0.05, 0.1) is 5.75 Å². The minimum absolute atomic E-state index is 0.112. The van der Waals surface area contributed by atoms with Gasteiger partial charge in [-0.25, -0.2) is 13.1 Å². The number of hydrogen-bond acceptors (Lipinski definition) is 3. The van der Waals surface area contributed by atoms with Gasteiger partial charge < -0.3 is 4.90 Å². The molecule has 0 aromatic carbocycles. The number of sulfonamides is 1. The maximum absolute atomic E-state index is 12.1. The summed E-state index contributed by atoms with van der Waals surface area (Å²) in [4.78, 5) is 14.1. The van der Waals surface area contributed by atoms with Crippen LogP contribution in [-0.2, 0) is 14.8 Å². The second-order valence-corrected chi connectivity index (χ2v) is 7.90. The number of rotatable bonds is 5. The van der Waals surface area contributed by atoms with E-state index in [4.69, 9.17) is 0 Å². The van der Waals surface area contributed by atoms with E-state index in [1.807, 2.05) is 11.8 Å². The Morgan fingerprint density at radius 1 is 1.20 bits per heavy atom. The number of nitrogens with one attached hydrogen (secondary N) is 1. The molecule has 0 unspecified atom stereocenters. The van der Waals surface area contributed by atoms with Crippen LogP contribution in [0.2, 0.25) is 0 Å². The first kappa shape index (κ1) is 15.8. The molecule has 1 N–H and O–H groups in total. The second-order valence-electron chi connectivity index (χ2n) is 6.03. The summed E-state index contributed by atoms with van der Waals surface area (Å²) in [5.74, 6) is 0.252. The zero-order chi connectivity index (χ0) is 14.6. The molecule has 1 saturated carbocycles. The first-order valence-electron chi connectivity index (χ1n) is 7.81.